The number of nitrogens with one attached hydrogen (secondary N) is 2. The van der Waals surface area contributed by atoms with Crippen LogP contribution in [0, 0.1) is 0 Å². The van der Waals surface area contributed by atoms with Crippen LogP contribution in [0.2, 0.25) is 0 Å². The van der Waals surface area contributed by atoms with Crippen LogP contribution in [0.5, 0.6) is 0 Å². The minimum absolute atomic E-state index is 0.0124. The molecule has 0 spiro atoms. The third kappa shape index (κ3) is 2.23. The monoisotopic (exact) mass is 200 g/mol. The second kappa shape index (κ2) is 4.25. The van der Waals surface area contributed by atoms with E-state index in [9.17, 15) is 4.79 Å². The van der Waals surface area contributed by atoms with Crippen LogP contribution in [0.3, 0.4) is 0 Å². The van der Waals surface area contributed by atoms with Crippen LogP contribution in [-0.2, 0) is 9.53 Å². The molecule has 1 unspecified atom stereocenters. The summed E-state index contributed by atoms with van der Waals surface area (Å²) in [7, 11) is 0. The largest absolute Gasteiger partial charge is 0.393 e. The standard InChI is InChI=1S/C9H16N2O3/c12-7-3-6(4-7)11-9(13)8-5-14-2-1-10-8/h6-8,10,12H,1-5H2,(H,11,13). The quantitative estimate of drug-likeness (QED) is 0.513. The van der Waals surface area contributed by atoms with E-state index in [0.717, 1.165) is 6.54 Å². The van der Waals surface area contributed by atoms with Gasteiger partial charge in [0.1, 0.15) is 6.04 Å². The van der Waals surface area contributed by atoms with Crippen molar-refractivity contribution in [3.05, 3.63) is 0 Å². The number of hydrogen-bond donors (Lipinski definition) is 3. The van der Waals surface area contributed by atoms with Gasteiger partial charge in [-0.15, -0.1) is 0 Å². The topological polar surface area (TPSA) is 70.6 Å². The van der Waals surface area contributed by atoms with Crippen molar-refractivity contribution >= 4 is 5.91 Å². The summed E-state index contributed by atoms with van der Waals surface area (Å²) in [6, 6.07) is -0.0669. The van der Waals surface area contributed by atoms with Crippen LogP contribution >= 0.6 is 0 Å². The summed E-state index contributed by atoms with van der Waals surface area (Å²) in [5, 5.41) is 15.0. The number of aliphatic hydroxyl groups excluding tert-OH is 1. The van der Waals surface area contributed by atoms with Gasteiger partial charge in [0.05, 0.1) is 19.3 Å². The van der Waals surface area contributed by atoms with Crippen molar-refractivity contribution < 1.29 is 14.6 Å². The summed E-state index contributed by atoms with van der Waals surface area (Å²) < 4.78 is 5.18. The number of rotatable bonds is 2. The molecular formula is C9H16N2O3. The lowest BCUT2D eigenvalue weighted by atomic mass is 9.89. The van der Waals surface area contributed by atoms with Crippen molar-refractivity contribution in [1.29, 1.82) is 0 Å². The molecule has 1 aliphatic carbocycles. The van der Waals surface area contributed by atoms with Gasteiger partial charge in [-0.25, -0.2) is 0 Å². The Bertz CT molecular complexity index is 210. The maximum Gasteiger partial charge on any atom is 0.239 e. The van der Waals surface area contributed by atoms with E-state index >= 15 is 0 Å². The van der Waals surface area contributed by atoms with Gasteiger partial charge in [0.25, 0.3) is 0 Å². The van der Waals surface area contributed by atoms with Gasteiger partial charge in [0.2, 0.25) is 5.91 Å². The van der Waals surface area contributed by atoms with Gasteiger partial charge in [-0.3, -0.25) is 4.79 Å². The molecule has 1 heterocycles. The zero-order valence-corrected chi connectivity index (χ0v) is 8.03. The van der Waals surface area contributed by atoms with E-state index in [4.69, 9.17) is 9.84 Å². The highest BCUT2D eigenvalue weighted by atomic mass is 16.5. The van der Waals surface area contributed by atoms with Crippen molar-refractivity contribution in [2.75, 3.05) is 19.8 Å². The third-order valence-electron chi connectivity index (χ3n) is 2.70. The molecule has 2 aliphatic rings. The second-order valence-electron chi connectivity index (χ2n) is 3.91. The summed E-state index contributed by atoms with van der Waals surface area (Å²) in [6.45, 7) is 1.85. The maximum atomic E-state index is 11.6. The van der Waals surface area contributed by atoms with Crippen molar-refractivity contribution in [1.82, 2.24) is 10.6 Å². The third-order valence-corrected chi connectivity index (χ3v) is 2.70. The average molecular weight is 200 g/mol. The van der Waals surface area contributed by atoms with Crippen molar-refractivity contribution in [3.8, 4) is 0 Å². The van der Waals surface area contributed by atoms with Crippen LogP contribution in [-0.4, -0.2) is 49.0 Å². The highest BCUT2D eigenvalue weighted by molar-refractivity contribution is 5.82. The molecule has 5 nitrogen and oxygen atoms in total. The molecular weight excluding hydrogens is 184 g/mol. The number of aliphatic hydroxyl groups is 1. The smallest absolute Gasteiger partial charge is 0.239 e. The second-order valence-corrected chi connectivity index (χ2v) is 3.91. The van der Waals surface area contributed by atoms with Crippen LogP contribution in [0.25, 0.3) is 0 Å². The fraction of sp³-hybridized carbons (Fsp3) is 0.889. The van der Waals surface area contributed by atoms with Crippen LogP contribution in [0.4, 0.5) is 0 Å². The number of hydrogen-bond acceptors (Lipinski definition) is 4. The Morgan fingerprint density at radius 2 is 2.29 bits per heavy atom. The lowest BCUT2D eigenvalue weighted by Crippen LogP contribution is -2.56. The van der Waals surface area contributed by atoms with Crippen molar-refractivity contribution in [2.45, 2.75) is 31.0 Å². The molecule has 0 aromatic rings. The zero-order valence-electron chi connectivity index (χ0n) is 8.03. The fourth-order valence-corrected chi connectivity index (χ4v) is 1.74. The summed E-state index contributed by atoms with van der Waals surface area (Å²) in [5.41, 5.74) is 0. The molecule has 0 aromatic heterocycles. The molecule has 0 radical (unpaired) electrons. The fourth-order valence-electron chi connectivity index (χ4n) is 1.74. The first-order valence-corrected chi connectivity index (χ1v) is 5.05. The first-order valence-electron chi connectivity index (χ1n) is 5.05. The van der Waals surface area contributed by atoms with E-state index in [1.807, 2.05) is 0 Å². The van der Waals surface area contributed by atoms with Gasteiger partial charge in [0.15, 0.2) is 0 Å². The van der Waals surface area contributed by atoms with Crippen molar-refractivity contribution in [2.24, 2.45) is 0 Å². The molecule has 0 aromatic carbocycles. The van der Waals surface area contributed by atoms with Crippen LogP contribution in [0.15, 0.2) is 0 Å². The van der Waals surface area contributed by atoms with Gasteiger partial charge in [0, 0.05) is 12.6 Å². The molecule has 1 saturated carbocycles. The van der Waals surface area contributed by atoms with Gasteiger partial charge in [-0.2, -0.15) is 0 Å². The number of carbonyl (C=O) groups is 1. The first kappa shape index (κ1) is 9.89. The predicted molar refractivity (Wildman–Crippen MR) is 49.8 cm³/mol. The van der Waals surface area contributed by atoms with Crippen LogP contribution < -0.4 is 10.6 Å². The maximum absolute atomic E-state index is 11.6. The lowest BCUT2D eigenvalue weighted by molar-refractivity contribution is -0.127. The number of ether oxygens (including phenoxy) is 1. The molecule has 1 atom stereocenters. The minimum atomic E-state index is -0.226. The molecule has 2 rings (SSSR count). The van der Waals surface area contributed by atoms with E-state index in [1.165, 1.54) is 0 Å². The van der Waals surface area contributed by atoms with E-state index in [0.29, 0.717) is 26.1 Å². The molecule has 5 heteroatoms. The summed E-state index contributed by atoms with van der Waals surface area (Å²) in [6.07, 6.45) is 1.13. The van der Waals surface area contributed by atoms with E-state index in [2.05, 4.69) is 10.6 Å². The Balaban J connectivity index is 1.71. The van der Waals surface area contributed by atoms with Gasteiger partial charge in [-0.1, -0.05) is 0 Å². The molecule has 3 N–H and O–H groups in total. The lowest BCUT2D eigenvalue weighted by Gasteiger charge is -2.33. The Labute approximate surface area is 82.8 Å². The first-order chi connectivity index (χ1) is 6.75. The number of morpholine rings is 1. The molecule has 1 aliphatic heterocycles. The molecule has 1 amide bonds. The number of carbonyl (C=O) groups excluding carboxylic acids is 1. The van der Waals surface area contributed by atoms with E-state index in [1.54, 1.807) is 0 Å². The molecule has 0 bridgehead atoms. The molecule has 1 saturated heterocycles. The summed E-state index contributed by atoms with van der Waals surface area (Å²) >= 11 is 0. The molecule has 80 valence electrons. The Kier molecular flexibility index (Phi) is 3.00. The summed E-state index contributed by atoms with van der Waals surface area (Å²) in [5.74, 6) is -0.0124. The molecule has 2 fully saturated rings. The highest BCUT2D eigenvalue weighted by Crippen LogP contribution is 2.19. The number of amides is 1. The highest BCUT2D eigenvalue weighted by Gasteiger charge is 2.31. The Morgan fingerprint density at radius 1 is 1.50 bits per heavy atom. The van der Waals surface area contributed by atoms with Gasteiger partial charge < -0.3 is 20.5 Å². The summed E-state index contributed by atoms with van der Waals surface area (Å²) in [4.78, 5) is 11.6. The Hall–Kier alpha value is -0.650. The molecule has 14 heavy (non-hydrogen) atoms. The minimum Gasteiger partial charge on any atom is -0.393 e. The van der Waals surface area contributed by atoms with Crippen LogP contribution in [0.1, 0.15) is 12.8 Å². The van der Waals surface area contributed by atoms with Crippen molar-refractivity contribution in [3.63, 3.8) is 0 Å². The normalized spacial score (nSPS) is 37.4. The average Bonchev–Trinajstić information content (AvgIpc) is 2.17. The Morgan fingerprint density at radius 3 is 2.86 bits per heavy atom. The van der Waals surface area contributed by atoms with Gasteiger partial charge in [-0.05, 0) is 12.8 Å². The van der Waals surface area contributed by atoms with E-state index < -0.39 is 0 Å². The van der Waals surface area contributed by atoms with E-state index in [-0.39, 0.29) is 24.1 Å². The zero-order chi connectivity index (χ0) is 9.97. The SMILES string of the molecule is O=C(NC1CC(O)C1)C1COCCN1. The predicted octanol–water partition coefficient (Wildman–Crippen LogP) is -1.39. The van der Waals surface area contributed by atoms with Gasteiger partial charge >= 0.3 is 0 Å².